The molecule has 2 aromatic rings. The van der Waals surface area contributed by atoms with Crippen LogP contribution in [0.15, 0.2) is 47.4 Å². The maximum absolute atomic E-state index is 11.8. The summed E-state index contributed by atoms with van der Waals surface area (Å²) in [5.74, 6) is 0. The molecule has 2 aromatic carbocycles. The van der Waals surface area contributed by atoms with Gasteiger partial charge in [0.15, 0.2) is 0 Å². The molecule has 0 aliphatic carbocycles. The molecule has 19 heavy (non-hydrogen) atoms. The van der Waals surface area contributed by atoms with Gasteiger partial charge in [-0.3, -0.25) is 0 Å². The van der Waals surface area contributed by atoms with Crippen molar-refractivity contribution in [2.45, 2.75) is 25.2 Å². The van der Waals surface area contributed by atoms with Crippen molar-refractivity contribution in [3.05, 3.63) is 53.6 Å². The first-order valence-electron chi connectivity index (χ1n) is 6.16. The highest BCUT2D eigenvalue weighted by Crippen LogP contribution is 2.32. The number of nitrogens with two attached hydrogens (primary N) is 1. The van der Waals surface area contributed by atoms with E-state index in [0.29, 0.717) is 0 Å². The van der Waals surface area contributed by atoms with Gasteiger partial charge in [-0.05, 0) is 36.1 Å². The second-order valence-corrected chi connectivity index (χ2v) is 6.03. The van der Waals surface area contributed by atoms with E-state index in [1.54, 1.807) is 12.1 Å². The van der Waals surface area contributed by atoms with Gasteiger partial charge in [0.2, 0.25) is 10.0 Å². The predicted octanol–water partition coefficient (Wildman–Crippen LogP) is 2.87. The van der Waals surface area contributed by atoms with Gasteiger partial charge in [0.1, 0.15) is 0 Å². The number of hydrogen-bond acceptors (Lipinski definition) is 2. The summed E-state index contributed by atoms with van der Waals surface area (Å²) >= 11 is 0. The van der Waals surface area contributed by atoms with Crippen molar-refractivity contribution >= 4 is 10.0 Å². The summed E-state index contributed by atoms with van der Waals surface area (Å²) < 4.78 is 23.6. The van der Waals surface area contributed by atoms with Crippen LogP contribution < -0.4 is 5.14 Å². The zero-order chi connectivity index (χ0) is 14.0. The molecule has 0 aliphatic rings. The molecule has 0 amide bonds. The van der Waals surface area contributed by atoms with Crippen molar-refractivity contribution in [3.8, 4) is 11.1 Å². The van der Waals surface area contributed by atoms with Crippen LogP contribution in [0.1, 0.15) is 18.1 Å². The van der Waals surface area contributed by atoms with Crippen LogP contribution >= 0.6 is 0 Å². The van der Waals surface area contributed by atoms with Crippen LogP contribution in [0.2, 0.25) is 0 Å². The average Bonchev–Trinajstić information content (AvgIpc) is 2.37. The second kappa shape index (κ2) is 5.15. The number of primary sulfonamides is 1. The van der Waals surface area contributed by atoms with Gasteiger partial charge < -0.3 is 0 Å². The van der Waals surface area contributed by atoms with Gasteiger partial charge in [0, 0.05) is 5.56 Å². The van der Waals surface area contributed by atoms with Crippen LogP contribution in [0.3, 0.4) is 0 Å². The highest BCUT2D eigenvalue weighted by atomic mass is 32.2. The van der Waals surface area contributed by atoms with Crippen LogP contribution in [0.5, 0.6) is 0 Å². The van der Waals surface area contributed by atoms with Crippen LogP contribution in [0.25, 0.3) is 11.1 Å². The fourth-order valence-corrected chi connectivity index (χ4v) is 3.06. The third kappa shape index (κ3) is 2.69. The van der Waals surface area contributed by atoms with Crippen molar-refractivity contribution in [3.63, 3.8) is 0 Å². The molecule has 100 valence electrons. The number of sulfonamides is 1. The lowest BCUT2D eigenvalue weighted by atomic mass is 9.95. The normalized spacial score (nSPS) is 11.5. The van der Waals surface area contributed by atoms with Crippen molar-refractivity contribution < 1.29 is 8.42 Å². The number of aryl methyl sites for hydroxylation is 2. The summed E-state index contributed by atoms with van der Waals surface area (Å²) in [7, 11) is -3.73. The van der Waals surface area contributed by atoms with E-state index < -0.39 is 10.0 Å². The van der Waals surface area contributed by atoms with Crippen molar-refractivity contribution in [1.29, 1.82) is 0 Å². The molecule has 0 aromatic heterocycles. The SMILES string of the molecule is CCc1cccc(S(N)(=O)=O)c1-c1ccccc1C. The Bertz CT molecular complexity index is 706. The summed E-state index contributed by atoms with van der Waals surface area (Å²) in [6.07, 6.45) is 0.757. The topological polar surface area (TPSA) is 60.2 Å². The Morgan fingerprint density at radius 3 is 2.32 bits per heavy atom. The maximum Gasteiger partial charge on any atom is 0.238 e. The lowest BCUT2D eigenvalue weighted by Gasteiger charge is -2.14. The van der Waals surface area contributed by atoms with Gasteiger partial charge in [0.25, 0.3) is 0 Å². The molecule has 2 N–H and O–H groups in total. The van der Waals surface area contributed by atoms with E-state index in [1.165, 1.54) is 0 Å². The number of rotatable bonds is 3. The zero-order valence-electron chi connectivity index (χ0n) is 11.1. The Balaban J connectivity index is 2.85. The predicted molar refractivity (Wildman–Crippen MR) is 77.4 cm³/mol. The third-order valence-corrected chi connectivity index (χ3v) is 4.17. The second-order valence-electron chi connectivity index (χ2n) is 4.50. The van der Waals surface area contributed by atoms with Crippen molar-refractivity contribution in [1.82, 2.24) is 0 Å². The first-order chi connectivity index (χ1) is 8.95. The van der Waals surface area contributed by atoms with E-state index in [0.717, 1.165) is 28.7 Å². The largest absolute Gasteiger partial charge is 0.238 e. The molecular formula is C15H17NO2S. The Kier molecular flexibility index (Phi) is 3.73. The van der Waals surface area contributed by atoms with Crippen LogP contribution in [-0.2, 0) is 16.4 Å². The molecule has 4 heteroatoms. The third-order valence-electron chi connectivity index (χ3n) is 3.21. The summed E-state index contributed by atoms with van der Waals surface area (Å²) in [5.41, 5.74) is 3.67. The molecule has 0 aliphatic heterocycles. The van der Waals surface area contributed by atoms with Crippen molar-refractivity contribution in [2.75, 3.05) is 0 Å². The molecule has 2 rings (SSSR count). The smallest absolute Gasteiger partial charge is 0.225 e. The van der Waals surface area contributed by atoms with E-state index in [-0.39, 0.29) is 4.90 Å². The first kappa shape index (κ1) is 13.8. The van der Waals surface area contributed by atoms with Crippen LogP contribution in [0.4, 0.5) is 0 Å². The lowest BCUT2D eigenvalue weighted by Crippen LogP contribution is -2.14. The summed E-state index contributed by atoms with van der Waals surface area (Å²) in [4.78, 5) is 0.196. The Morgan fingerprint density at radius 2 is 1.74 bits per heavy atom. The quantitative estimate of drug-likeness (QED) is 0.936. The Morgan fingerprint density at radius 1 is 1.05 bits per heavy atom. The van der Waals surface area contributed by atoms with E-state index in [9.17, 15) is 8.42 Å². The van der Waals surface area contributed by atoms with Crippen LogP contribution in [0, 0.1) is 6.92 Å². The molecule has 0 saturated carbocycles. The van der Waals surface area contributed by atoms with E-state index in [2.05, 4.69) is 0 Å². The highest BCUT2D eigenvalue weighted by Gasteiger charge is 2.18. The summed E-state index contributed by atoms with van der Waals surface area (Å²) in [6.45, 7) is 3.97. The molecule has 0 bridgehead atoms. The fourth-order valence-electron chi connectivity index (χ4n) is 2.27. The summed E-state index contributed by atoms with van der Waals surface area (Å²) in [5, 5.41) is 5.34. The fraction of sp³-hybridized carbons (Fsp3) is 0.200. The van der Waals surface area contributed by atoms with Gasteiger partial charge >= 0.3 is 0 Å². The minimum atomic E-state index is -3.73. The first-order valence-corrected chi connectivity index (χ1v) is 7.70. The molecule has 0 spiro atoms. The van der Waals surface area contributed by atoms with Gasteiger partial charge in [-0.2, -0.15) is 0 Å². The molecule has 0 heterocycles. The number of hydrogen-bond donors (Lipinski definition) is 1. The van der Waals surface area contributed by atoms with Crippen molar-refractivity contribution in [2.24, 2.45) is 5.14 Å². The van der Waals surface area contributed by atoms with Gasteiger partial charge in [0.05, 0.1) is 4.90 Å². The van der Waals surface area contributed by atoms with E-state index >= 15 is 0 Å². The van der Waals surface area contributed by atoms with Gasteiger partial charge in [-0.25, -0.2) is 13.6 Å². The molecule has 0 atom stereocenters. The molecule has 0 radical (unpaired) electrons. The van der Waals surface area contributed by atoms with E-state index in [1.807, 2.05) is 44.2 Å². The molecule has 0 saturated heterocycles. The lowest BCUT2D eigenvalue weighted by molar-refractivity contribution is 0.598. The summed E-state index contributed by atoms with van der Waals surface area (Å²) in [6, 6.07) is 13.0. The number of benzene rings is 2. The molecule has 3 nitrogen and oxygen atoms in total. The standard InChI is InChI=1S/C15H17NO2S/c1-3-12-8-6-10-14(19(16,17)18)15(12)13-9-5-4-7-11(13)2/h4-10H,3H2,1-2H3,(H2,16,17,18). The van der Waals surface area contributed by atoms with Gasteiger partial charge in [-0.15, -0.1) is 0 Å². The monoisotopic (exact) mass is 275 g/mol. The molecule has 0 fully saturated rings. The molecule has 0 unspecified atom stereocenters. The minimum absolute atomic E-state index is 0.196. The van der Waals surface area contributed by atoms with E-state index in [4.69, 9.17) is 5.14 Å². The maximum atomic E-state index is 11.8. The highest BCUT2D eigenvalue weighted by molar-refractivity contribution is 7.89. The molecular weight excluding hydrogens is 258 g/mol. The minimum Gasteiger partial charge on any atom is -0.225 e. The Hall–Kier alpha value is -1.65. The zero-order valence-corrected chi connectivity index (χ0v) is 11.9. The van der Waals surface area contributed by atoms with Crippen LogP contribution in [-0.4, -0.2) is 8.42 Å². The van der Waals surface area contributed by atoms with Gasteiger partial charge in [-0.1, -0.05) is 43.3 Å². The average molecular weight is 275 g/mol. The Labute approximate surface area is 114 Å².